The molecule has 0 aromatic carbocycles. The maximum atomic E-state index is 4.84. The summed E-state index contributed by atoms with van der Waals surface area (Å²) in [5, 5.41) is 0. The van der Waals surface area contributed by atoms with Crippen molar-refractivity contribution in [3.8, 4) is 0 Å². The summed E-state index contributed by atoms with van der Waals surface area (Å²) in [5.74, 6) is 1.03. The Morgan fingerprint density at radius 2 is 2.38 bits per heavy atom. The number of rotatable bonds is 0. The number of nitrogens with zero attached hydrogens (tertiary/aromatic N) is 1. The van der Waals surface area contributed by atoms with Gasteiger partial charge in [0.1, 0.15) is 0 Å². The number of hydrogen-bond donors (Lipinski definition) is 0. The first-order valence-corrected chi connectivity index (χ1v) is 2.26. The second-order valence-corrected chi connectivity index (χ2v) is 1.36. The SMILES string of the molecule is C=C1OCOC1=NC. The van der Waals surface area contributed by atoms with Gasteiger partial charge in [0.05, 0.1) is 0 Å². The van der Waals surface area contributed by atoms with Crippen molar-refractivity contribution in [2.75, 3.05) is 13.8 Å². The maximum absolute atomic E-state index is 4.84. The molecular formula is C5H7NO2. The van der Waals surface area contributed by atoms with Crippen molar-refractivity contribution < 1.29 is 9.47 Å². The molecule has 8 heavy (non-hydrogen) atoms. The number of aliphatic imine (C=N–C) groups is 1. The third-order valence-corrected chi connectivity index (χ3v) is 0.870. The van der Waals surface area contributed by atoms with Crippen molar-refractivity contribution in [1.29, 1.82) is 0 Å². The van der Waals surface area contributed by atoms with Crippen molar-refractivity contribution in [2.45, 2.75) is 0 Å². The standard InChI is InChI=1S/C5H7NO2/c1-4-5(6-2)8-3-7-4/h1,3H2,2H3. The van der Waals surface area contributed by atoms with E-state index in [4.69, 9.17) is 9.47 Å². The zero-order valence-electron chi connectivity index (χ0n) is 4.68. The van der Waals surface area contributed by atoms with E-state index in [1.54, 1.807) is 7.05 Å². The second kappa shape index (κ2) is 1.86. The Bertz CT molecular complexity index is 139. The molecule has 1 heterocycles. The highest BCUT2D eigenvalue weighted by Crippen LogP contribution is 2.06. The Labute approximate surface area is 47.6 Å². The molecule has 1 saturated heterocycles. The molecule has 1 aliphatic rings. The Hall–Kier alpha value is -0.990. The molecule has 0 aliphatic carbocycles. The molecule has 0 radical (unpaired) electrons. The van der Waals surface area contributed by atoms with E-state index in [9.17, 15) is 0 Å². The van der Waals surface area contributed by atoms with Gasteiger partial charge in [-0.1, -0.05) is 6.58 Å². The third-order valence-electron chi connectivity index (χ3n) is 0.870. The largest absolute Gasteiger partial charge is 0.452 e. The van der Waals surface area contributed by atoms with Crippen LogP contribution in [-0.2, 0) is 9.47 Å². The van der Waals surface area contributed by atoms with Gasteiger partial charge in [-0.3, -0.25) is 4.99 Å². The molecule has 0 unspecified atom stereocenters. The molecule has 1 aliphatic heterocycles. The predicted octanol–water partition coefficient (Wildman–Crippen LogP) is 0.533. The van der Waals surface area contributed by atoms with Gasteiger partial charge >= 0.3 is 0 Å². The molecule has 0 aromatic rings. The van der Waals surface area contributed by atoms with E-state index in [2.05, 4.69) is 11.6 Å². The monoisotopic (exact) mass is 113 g/mol. The average Bonchev–Trinajstić information content (AvgIpc) is 2.14. The molecule has 1 fully saturated rings. The van der Waals surface area contributed by atoms with Crippen molar-refractivity contribution in [1.82, 2.24) is 0 Å². The molecule has 0 N–H and O–H groups in total. The van der Waals surface area contributed by atoms with Gasteiger partial charge < -0.3 is 9.47 Å². The summed E-state index contributed by atoms with van der Waals surface area (Å²) in [4.78, 5) is 3.74. The van der Waals surface area contributed by atoms with Gasteiger partial charge in [0.15, 0.2) is 5.76 Å². The predicted molar refractivity (Wildman–Crippen MR) is 29.5 cm³/mol. The number of ether oxygens (including phenoxy) is 2. The molecule has 3 nitrogen and oxygen atoms in total. The summed E-state index contributed by atoms with van der Waals surface area (Å²) in [6.45, 7) is 3.78. The smallest absolute Gasteiger partial charge is 0.254 e. The fourth-order valence-electron chi connectivity index (χ4n) is 0.488. The molecule has 0 bridgehead atoms. The van der Waals surface area contributed by atoms with Crippen molar-refractivity contribution in [3.05, 3.63) is 12.3 Å². The van der Waals surface area contributed by atoms with Crippen LogP contribution in [0.15, 0.2) is 17.3 Å². The van der Waals surface area contributed by atoms with Gasteiger partial charge in [0, 0.05) is 7.05 Å². The van der Waals surface area contributed by atoms with Crippen molar-refractivity contribution >= 4 is 5.90 Å². The maximum Gasteiger partial charge on any atom is 0.254 e. The van der Waals surface area contributed by atoms with Crippen LogP contribution < -0.4 is 0 Å². The van der Waals surface area contributed by atoms with E-state index >= 15 is 0 Å². The first-order chi connectivity index (χ1) is 3.84. The Morgan fingerprint density at radius 3 is 2.62 bits per heavy atom. The van der Waals surface area contributed by atoms with Crippen LogP contribution in [0.1, 0.15) is 0 Å². The highest BCUT2D eigenvalue weighted by Gasteiger charge is 2.13. The molecule has 0 spiro atoms. The highest BCUT2D eigenvalue weighted by atomic mass is 16.7. The third kappa shape index (κ3) is 0.665. The van der Waals surface area contributed by atoms with E-state index in [0.29, 0.717) is 11.7 Å². The van der Waals surface area contributed by atoms with Crippen molar-refractivity contribution in [3.63, 3.8) is 0 Å². The van der Waals surface area contributed by atoms with Crippen LogP contribution in [0.5, 0.6) is 0 Å². The van der Waals surface area contributed by atoms with Crippen LogP contribution >= 0.6 is 0 Å². The van der Waals surface area contributed by atoms with Gasteiger partial charge in [-0.25, -0.2) is 0 Å². The van der Waals surface area contributed by atoms with E-state index in [1.165, 1.54) is 0 Å². The molecule has 0 aromatic heterocycles. The Balaban J connectivity index is 2.69. The lowest BCUT2D eigenvalue weighted by molar-refractivity contribution is 0.115. The van der Waals surface area contributed by atoms with E-state index in [-0.39, 0.29) is 6.79 Å². The minimum atomic E-state index is 0.255. The van der Waals surface area contributed by atoms with Gasteiger partial charge in [-0.2, -0.15) is 0 Å². The van der Waals surface area contributed by atoms with Crippen LogP contribution in [-0.4, -0.2) is 19.7 Å². The minimum absolute atomic E-state index is 0.255. The first-order valence-electron chi connectivity index (χ1n) is 2.26. The summed E-state index contributed by atoms with van der Waals surface area (Å²) in [6, 6.07) is 0. The fourth-order valence-corrected chi connectivity index (χ4v) is 0.488. The summed E-state index contributed by atoms with van der Waals surface area (Å²) < 4.78 is 9.65. The molecule has 0 atom stereocenters. The van der Waals surface area contributed by atoms with Gasteiger partial charge in [-0.05, 0) is 0 Å². The Kier molecular flexibility index (Phi) is 1.20. The van der Waals surface area contributed by atoms with Crippen LogP contribution in [0.25, 0.3) is 0 Å². The van der Waals surface area contributed by atoms with E-state index < -0.39 is 0 Å². The lowest BCUT2D eigenvalue weighted by atomic mass is 10.6. The molecule has 0 amide bonds. The summed E-state index contributed by atoms with van der Waals surface area (Å²) in [6.07, 6.45) is 0. The van der Waals surface area contributed by atoms with E-state index in [0.717, 1.165) is 0 Å². The lowest BCUT2D eigenvalue weighted by Gasteiger charge is -1.86. The van der Waals surface area contributed by atoms with Gasteiger partial charge in [0.25, 0.3) is 5.90 Å². The molecular weight excluding hydrogens is 106 g/mol. The van der Waals surface area contributed by atoms with Gasteiger partial charge in [0.2, 0.25) is 6.79 Å². The van der Waals surface area contributed by atoms with Gasteiger partial charge in [-0.15, -0.1) is 0 Å². The second-order valence-electron chi connectivity index (χ2n) is 1.36. The minimum Gasteiger partial charge on any atom is -0.452 e. The fraction of sp³-hybridized carbons (Fsp3) is 0.400. The zero-order valence-corrected chi connectivity index (χ0v) is 4.68. The summed E-state index contributed by atoms with van der Waals surface area (Å²) >= 11 is 0. The summed E-state index contributed by atoms with van der Waals surface area (Å²) in [7, 11) is 1.63. The highest BCUT2D eigenvalue weighted by molar-refractivity contribution is 5.91. The van der Waals surface area contributed by atoms with Crippen LogP contribution in [0.4, 0.5) is 0 Å². The average molecular weight is 113 g/mol. The number of hydrogen-bond acceptors (Lipinski definition) is 3. The Morgan fingerprint density at radius 1 is 1.62 bits per heavy atom. The van der Waals surface area contributed by atoms with Crippen LogP contribution in [0.2, 0.25) is 0 Å². The first kappa shape index (κ1) is 5.15. The quantitative estimate of drug-likeness (QED) is 0.459. The van der Waals surface area contributed by atoms with Crippen LogP contribution in [0, 0.1) is 0 Å². The molecule has 44 valence electrons. The topological polar surface area (TPSA) is 30.8 Å². The molecule has 0 saturated carbocycles. The lowest BCUT2D eigenvalue weighted by Crippen LogP contribution is -1.93. The van der Waals surface area contributed by atoms with Crippen molar-refractivity contribution in [2.24, 2.45) is 4.99 Å². The van der Waals surface area contributed by atoms with E-state index in [1.807, 2.05) is 0 Å². The summed E-state index contributed by atoms with van der Waals surface area (Å²) in [5.41, 5.74) is 0. The molecule has 3 heteroatoms. The molecule has 1 rings (SSSR count). The normalized spacial score (nSPS) is 23.1. The zero-order chi connectivity index (χ0) is 5.98. The van der Waals surface area contributed by atoms with Crippen LogP contribution in [0.3, 0.4) is 0 Å².